The first-order valence-corrected chi connectivity index (χ1v) is 18.9. The summed E-state index contributed by atoms with van der Waals surface area (Å²) >= 11 is 1.06. The van der Waals surface area contributed by atoms with Gasteiger partial charge in [0, 0.05) is 29.0 Å². The number of benzene rings is 6. The number of para-hydroxylation sites is 2. The van der Waals surface area contributed by atoms with E-state index in [1.165, 1.54) is 30.3 Å². The Morgan fingerprint density at radius 3 is 1.76 bits per heavy atom. The monoisotopic (exact) mass is 810 g/mol. The van der Waals surface area contributed by atoms with Gasteiger partial charge in [0.05, 0.1) is 56.0 Å². The molecular formula is C44H32N3O11S+. The maximum absolute atomic E-state index is 13.2. The lowest BCUT2D eigenvalue weighted by Gasteiger charge is -2.13. The fourth-order valence-electron chi connectivity index (χ4n) is 6.39. The molecule has 0 unspecified atom stereocenters. The van der Waals surface area contributed by atoms with E-state index in [2.05, 4.69) is 5.32 Å². The molecule has 0 saturated carbocycles. The smallest absolute Gasteiger partial charge is 0.365 e. The second-order valence-corrected chi connectivity index (χ2v) is 14.1. The van der Waals surface area contributed by atoms with Crippen molar-refractivity contribution in [3.63, 3.8) is 0 Å². The van der Waals surface area contributed by atoms with Crippen molar-refractivity contribution in [3.05, 3.63) is 182 Å². The van der Waals surface area contributed by atoms with Gasteiger partial charge in [-0.15, -0.1) is 0 Å². The van der Waals surface area contributed by atoms with E-state index in [1.54, 1.807) is 72.8 Å². The topological polar surface area (TPSA) is 200 Å². The van der Waals surface area contributed by atoms with Crippen molar-refractivity contribution in [3.8, 4) is 22.6 Å². The minimum absolute atomic E-state index is 0.0256. The summed E-state index contributed by atoms with van der Waals surface area (Å²) in [5.41, 5.74) is 2.46. The van der Waals surface area contributed by atoms with E-state index in [4.69, 9.17) is 13.9 Å². The van der Waals surface area contributed by atoms with Crippen LogP contribution in [0.1, 0.15) is 37.4 Å². The summed E-state index contributed by atoms with van der Waals surface area (Å²) < 4.78 is 18.3. The number of nitro groups is 2. The van der Waals surface area contributed by atoms with E-state index in [0.29, 0.717) is 44.7 Å². The number of rotatable bonds is 15. The van der Waals surface area contributed by atoms with Gasteiger partial charge in [-0.2, -0.15) is 0 Å². The van der Waals surface area contributed by atoms with Crippen LogP contribution in [0.4, 0.5) is 11.4 Å². The quantitative estimate of drug-likeness (QED) is 0.0431. The van der Waals surface area contributed by atoms with Crippen LogP contribution >= 0.6 is 11.8 Å². The van der Waals surface area contributed by atoms with Crippen molar-refractivity contribution in [1.82, 2.24) is 5.32 Å². The maximum atomic E-state index is 13.2. The van der Waals surface area contributed by atoms with Crippen LogP contribution < -0.4 is 14.8 Å². The lowest BCUT2D eigenvalue weighted by atomic mass is 9.92. The van der Waals surface area contributed by atoms with Gasteiger partial charge < -0.3 is 19.9 Å². The Hall–Kier alpha value is -7.65. The summed E-state index contributed by atoms with van der Waals surface area (Å²) in [5.74, 6) is -0.914. The first-order chi connectivity index (χ1) is 28.5. The van der Waals surface area contributed by atoms with E-state index in [0.717, 1.165) is 17.3 Å². The number of aromatic carboxylic acids is 1. The Kier molecular flexibility index (Phi) is 11.8. The molecule has 1 amide bonds. The summed E-state index contributed by atoms with van der Waals surface area (Å²) in [5, 5.41) is 36.9. The number of thioether (sulfide) groups is 1. The van der Waals surface area contributed by atoms with Crippen LogP contribution in [0.25, 0.3) is 33.1 Å². The zero-order valence-corrected chi connectivity index (χ0v) is 31.7. The van der Waals surface area contributed by atoms with Crippen molar-refractivity contribution < 1.29 is 43.2 Å². The molecule has 2 N–H and O–H groups in total. The average molecular weight is 811 g/mol. The number of nitro benzene ring substituents is 2. The minimum Gasteiger partial charge on any atom is -0.488 e. The lowest BCUT2D eigenvalue weighted by molar-refractivity contribution is -0.386. The zero-order chi connectivity index (χ0) is 41.5. The number of carboxylic acids is 1. The molecular weight excluding hydrogens is 779 g/mol. The average Bonchev–Trinajstić information content (AvgIpc) is 3.25. The first-order valence-electron chi connectivity index (χ1n) is 17.9. The van der Waals surface area contributed by atoms with Crippen LogP contribution in [0.3, 0.4) is 0 Å². The molecule has 0 bridgehead atoms. The Balaban J connectivity index is 1.23. The van der Waals surface area contributed by atoms with Crippen LogP contribution in [0, 0.1) is 20.2 Å². The second kappa shape index (κ2) is 17.7. The lowest BCUT2D eigenvalue weighted by Crippen LogP contribution is -2.28. The largest absolute Gasteiger partial charge is 0.488 e. The molecule has 1 heterocycles. The molecule has 0 fully saturated rings. The van der Waals surface area contributed by atoms with Gasteiger partial charge in [-0.25, -0.2) is 9.21 Å². The summed E-state index contributed by atoms with van der Waals surface area (Å²) in [7, 11) is 0. The summed E-state index contributed by atoms with van der Waals surface area (Å²) in [6.45, 7) is -0.520. The van der Waals surface area contributed by atoms with Gasteiger partial charge in [0.15, 0.2) is 0 Å². The van der Waals surface area contributed by atoms with Gasteiger partial charge >= 0.3 is 17.1 Å². The number of carbonyl (C=O) groups excluding carboxylic acids is 2. The molecule has 0 aliphatic rings. The second-order valence-electron chi connectivity index (χ2n) is 13.0. The first kappa shape index (κ1) is 39.6. The number of nitrogens with one attached hydrogen (secondary N) is 1. The number of fused-ring (bicyclic) bond motifs is 2. The molecule has 0 spiro atoms. The highest BCUT2D eigenvalue weighted by Gasteiger charge is 2.26. The molecule has 15 heteroatoms. The number of ether oxygens (including phenoxy) is 2. The van der Waals surface area contributed by atoms with Crippen molar-refractivity contribution in [1.29, 1.82) is 0 Å². The molecule has 0 saturated heterocycles. The van der Waals surface area contributed by atoms with Crippen LogP contribution in [0.5, 0.6) is 11.5 Å². The molecule has 6 aromatic carbocycles. The summed E-state index contributed by atoms with van der Waals surface area (Å²) in [6.07, 6.45) is 0. The molecule has 0 aliphatic heterocycles. The molecule has 59 heavy (non-hydrogen) atoms. The number of carboxylic acid groups (broad SMARTS) is 1. The van der Waals surface area contributed by atoms with Gasteiger partial charge in [0.25, 0.3) is 17.3 Å². The highest BCUT2D eigenvalue weighted by Crippen LogP contribution is 2.41. The standard InChI is InChI=1S/C44H31N3O11S/c48-41(59-26-27-8-2-1-3-9-27)23-45-43(49)28-14-17-33(36(20-28)44(50)51)42-34-18-15-31(56-24-29-10-4-6-12-37(29)46(52)53)21-39(34)58-40-22-32(16-19-35(40)42)57-25-30-11-5-7-13-38(30)47(54)55/h1-22H,23-26H2,(H-,45,49,50,51)/p+1. The van der Waals surface area contributed by atoms with Crippen molar-refractivity contribution >= 4 is 62.1 Å². The van der Waals surface area contributed by atoms with Crippen molar-refractivity contribution in [2.45, 2.75) is 19.0 Å². The number of hydrogen-bond acceptors (Lipinski definition) is 10. The van der Waals surface area contributed by atoms with Crippen LogP contribution in [0.2, 0.25) is 0 Å². The van der Waals surface area contributed by atoms with Gasteiger partial charge in [0.2, 0.25) is 5.12 Å². The highest BCUT2D eigenvalue weighted by molar-refractivity contribution is 8.13. The predicted octanol–water partition coefficient (Wildman–Crippen LogP) is 9.40. The zero-order valence-electron chi connectivity index (χ0n) is 30.9. The highest BCUT2D eigenvalue weighted by atomic mass is 32.2. The third-order valence-electron chi connectivity index (χ3n) is 9.25. The normalized spacial score (nSPS) is 10.9. The van der Waals surface area contributed by atoms with Crippen LogP contribution in [-0.4, -0.2) is 38.5 Å². The Morgan fingerprint density at radius 1 is 0.678 bits per heavy atom. The fraction of sp³-hybridized carbons (Fsp3) is 0.0909. The van der Waals surface area contributed by atoms with E-state index in [9.17, 15) is 39.7 Å². The van der Waals surface area contributed by atoms with Crippen LogP contribution in [-0.2, 0) is 23.8 Å². The number of carbonyl (C=O) groups is 3. The SMILES string of the molecule is O=C(CNC(=O)c1ccc(-c2c3ccc(OCc4ccccc4[N+](=O)[O-])cc3[o+]c3cc(OCc4ccccc4[N+](=O)[O-])ccc23)c(C(=O)O)c1)SCc1ccccc1. The van der Waals surface area contributed by atoms with Gasteiger partial charge in [-0.05, 0) is 59.7 Å². The number of amides is 1. The fourth-order valence-corrected chi connectivity index (χ4v) is 7.08. The Morgan fingerprint density at radius 2 is 1.22 bits per heavy atom. The molecule has 0 atom stereocenters. The third kappa shape index (κ3) is 9.16. The van der Waals surface area contributed by atoms with Gasteiger partial charge in [-0.3, -0.25) is 29.8 Å². The molecule has 7 rings (SSSR count). The molecule has 0 radical (unpaired) electrons. The van der Waals surface area contributed by atoms with Crippen molar-refractivity contribution in [2.75, 3.05) is 6.54 Å². The van der Waals surface area contributed by atoms with Gasteiger partial charge in [-0.1, -0.05) is 72.4 Å². The molecule has 294 valence electrons. The predicted molar refractivity (Wildman–Crippen MR) is 220 cm³/mol. The summed E-state index contributed by atoms with van der Waals surface area (Å²) in [4.78, 5) is 60.8. The maximum Gasteiger partial charge on any atom is 0.365 e. The van der Waals surface area contributed by atoms with E-state index >= 15 is 0 Å². The molecule has 7 aromatic rings. The number of nitrogens with zero attached hydrogens (tertiary/aromatic N) is 2. The van der Waals surface area contributed by atoms with Gasteiger partial charge in [0.1, 0.15) is 24.7 Å². The Bertz CT molecular complexity index is 2660. The van der Waals surface area contributed by atoms with Crippen LogP contribution in [0.15, 0.2) is 138 Å². The van der Waals surface area contributed by atoms with E-state index in [-0.39, 0.29) is 64.1 Å². The summed E-state index contributed by atoms with van der Waals surface area (Å²) in [6, 6.07) is 35.7. The molecule has 14 nitrogen and oxygen atoms in total. The minimum atomic E-state index is -1.32. The van der Waals surface area contributed by atoms with Crippen molar-refractivity contribution in [2.24, 2.45) is 0 Å². The van der Waals surface area contributed by atoms with E-state index < -0.39 is 21.7 Å². The van der Waals surface area contributed by atoms with E-state index in [1.807, 2.05) is 30.3 Å². The Labute approximate surface area is 339 Å². The molecule has 1 aromatic heterocycles. The number of hydrogen-bond donors (Lipinski definition) is 2. The molecule has 0 aliphatic carbocycles. The third-order valence-corrected chi connectivity index (χ3v) is 10.2.